The molecule has 272 valence electrons. The first kappa shape index (κ1) is 36.8. The number of aliphatic hydroxyl groups is 2. The smallest absolute Gasteiger partial charge is 0.390 e. The van der Waals surface area contributed by atoms with Gasteiger partial charge in [-0.15, -0.1) is 11.8 Å². The Morgan fingerprint density at radius 2 is 1.74 bits per heavy atom. The molecule has 1 aromatic heterocycles. The Morgan fingerprint density at radius 1 is 1.04 bits per heavy atom. The number of nitrogens with zero attached hydrogens (tertiary/aromatic N) is 5. The van der Waals surface area contributed by atoms with Crippen molar-refractivity contribution in [3.05, 3.63) is 70.9 Å². The highest BCUT2D eigenvalue weighted by atomic mass is 32.2. The van der Waals surface area contributed by atoms with Crippen molar-refractivity contribution < 1.29 is 41.3 Å². The van der Waals surface area contributed by atoms with Gasteiger partial charge in [0.05, 0.1) is 54.7 Å². The van der Waals surface area contributed by atoms with Crippen molar-refractivity contribution in [2.24, 2.45) is 0 Å². The first-order valence-electron chi connectivity index (χ1n) is 16.6. The lowest BCUT2D eigenvalue weighted by Crippen LogP contribution is -2.45. The van der Waals surface area contributed by atoms with Crippen molar-refractivity contribution in [1.29, 1.82) is 0 Å². The monoisotopic (exact) mass is 737 g/mol. The van der Waals surface area contributed by atoms with Crippen molar-refractivity contribution in [2.45, 2.75) is 55.1 Å². The van der Waals surface area contributed by atoms with Gasteiger partial charge in [-0.2, -0.15) is 22.6 Å². The molecule has 1 unspecified atom stereocenters. The summed E-state index contributed by atoms with van der Waals surface area (Å²) >= 11 is 0.806. The normalized spacial score (nSPS) is 19.7. The highest BCUT2D eigenvalue weighted by molar-refractivity contribution is 8.00. The number of carbonyl (C=O) groups is 1. The number of piperidine rings is 1. The lowest BCUT2D eigenvalue weighted by molar-refractivity contribution is -0.139. The molecule has 2 aromatic carbocycles. The van der Waals surface area contributed by atoms with Crippen LogP contribution < -0.4 is 0 Å². The van der Waals surface area contributed by atoms with Crippen LogP contribution >= 0.6 is 11.8 Å². The third kappa shape index (κ3) is 8.38. The molecule has 3 aliphatic heterocycles. The quantitative estimate of drug-likeness (QED) is 0.302. The molecule has 0 radical (unpaired) electrons. The maximum Gasteiger partial charge on any atom is 0.417 e. The third-order valence-electron chi connectivity index (χ3n) is 9.69. The average Bonchev–Trinajstić information content (AvgIpc) is 3.45. The van der Waals surface area contributed by atoms with Gasteiger partial charge in [0.25, 0.3) is 0 Å². The molecule has 11 nitrogen and oxygen atoms in total. The van der Waals surface area contributed by atoms with Gasteiger partial charge in [0.1, 0.15) is 0 Å². The number of thioether (sulfide) groups is 1. The van der Waals surface area contributed by atoms with E-state index < -0.39 is 33.5 Å². The number of aromatic nitrogens is 2. The molecule has 0 aliphatic carbocycles. The molecule has 0 saturated carbocycles. The van der Waals surface area contributed by atoms with Crippen molar-refractivity contribution in [2.75, 3.05) is 64.5 Å². The molecule has 2 N–H and O–H groups in total. The topological polar surface area (TPSA) is 128 Å². The summed E-state index contributed by atoms with van der Waals surface area (Å²) in [5.74, 6) is -0.471. The molecular weight excluding hydrogens is 696 g/mol. The second-order valence-corrected chi connectivity index (χ2v) is 16.1. The molecular formula is C34H42F3N5O6S2. The van der Waals surface area contributed by atoms with Crippen LogP contribution in [0, 0.1) is 0 Å². The fourth-order valence-corrected chi connectivity index (χ4v) is 8.69. The fourth-order valence-electron chi connectivity index (χ4n) is 6.90. The molecule has 16 heteroatoms. The van der Waals surface area contributed by atoms with Crippen LogP contribution in [0.4, 0.5) is 13.2 Å². The van der Waals surface area contributed by atoms with Gasteiger partial charge < -0.3 is 24.7 Å². The standard InChI is InChI=1S/C34H42F3N5O6S2/c1-50(46,47)41-12-9-29-27(22-41)32(24-7-8-28(34(35,36)37)30(19-24)49-23-31(44)40-15-17-48-18-16-40)38-42(29)21-26(43)20-39-13-10-33(45,11-14-39)25-5-3-2-4-6-25/h2-8,19,26,43,45H,9-18,20-23H2,1H3. The van der Waals surface area contributed by atoms with E-state index in [1.165, 1.54) is 16.4 Å². The minimum atomic E-state index is -4.66. The highest BCUT2D eigenvalue weighted by Crippen LogP contribution is 2.40. The van der Waals surface area contributed by atoms with E-state index in [0.29, 0.717) is 87.7 Å². The number of ether oxygens (including phenoxy) is 1. The summed E-state index contributed by atoms with van der Waals surface area (Å²) in [7, 11) is -3.58. The summed E-state index contributed by atoms with van der Waals surface area (Å²) in [6.45, 7) is 3.28. The van der Waals surface area contributed by atoms with Crippen LogP contribution in [0.25, 0.3) is 11.3 Å². The van der Waals surface area contributed by atoms with Crippen LogP contribution in [-0.4, -0.2) is 119 Å². The zero-order valence-electron chi connectivity index (χ0n) is 27.8. The van der Waals surface area contributed by atoms with Crippen LogP contribution in [0.3, 0.4) is 0 Å². The summed E-state index contributed by atoms with van der Waals surface area (Å²) in [5.41, 5.74) is 1.04. The molecule has 3 aliphatic rings. The fraction of sp³-hybridized carbons (Fsp3) is 0.529. The van der Waals surface area contributed by atoms with Gasteiger partial charge in [-0.25, -0.2) is 8.42 Å². The number of likely N-dealkylation sites (tertiary alicyclic amines) is 1. The molecule has 4 heterocycles. The van der Waals surface area contributed by atoms with Gasteiger partial charge >= 0.3 is 6.18 Å². The van der Waals surface area contributed by atoms with Crippen LogP contribution in [-0.2, 0) is 50.8 Å². The number of halogens is 3. The summed E-state index contributed by atoms with van der Waals surface area (Å²) in [6, 6.07) is 13.2. The van der Waals surface area contributed by atoms with E-state index in [0.717, 1.165) is 29.6 Å². The second kappa shape index (κ2) is 14.9. The van der Waals surface area contributed by atoms with Crippen LogP contribution in [0.2, 0.25) is 0 Å². The zero-order valence-corrected chi connectivity index (χ0v) is 29.4. The Bertz CT molecular complexity index is 1780. The maximum atomic E-state index is 14.1. The second-order valence-electron chi connectivity index (χ2n) is 13.1. The van der Waals surface area contributed by atoms with Crippen molar-refractivity contribution in [3.8, 4) is 11.3 Å². The lowest BCUT2D eigenvalue weighted by atomic mass is 9.84. The van der Waals surface area contributed by atoms with E-state index >= 15 is 0 Å². The summed E-state index contributed by atoms with van der Waals surface area (Å²) in [6.07, 6.45) is -3.07. The molecule has 1 amide bonds. The summed E-state index contributed by atoms with van der Waals surface area (Å²) < 4.78 is 75.7. The minimum Gasteiger partial charge on any atom is -0.390 e. The summed E-state index contributed by atoms with van der Waals surface area (Å²) in [5, 5.41) is 27.2. The molecule has 0 bridgehead atoms. The number of β-amino-alcohol motifs (C(OH)–C–C–N with tert-alkyl or cyclic N) is 1. The number of morpholine rings is 1. The Hall–Kier alpha value is -2.99. The molecule has 1 atom stereocenters. The minimum absolute atomic E-state index is 0.0111. The maximum absolute atomic E-state index is 14.1. The first-order chi connectivity index (χ1) is 23.7. The summed E-state index contributed by atoms with van der Waals surface area (Å²) in [4.78, 5) is 16.3. The SMILES string of the molecule is CS(=O)(=O)N1CCc2c(c(-c3ccc(C(F)(F)F)c(SCC(=O)N4CCOCC4)c3)nn2CC(O)CN2CCC(O)(c3ccccc3)CC2)C1. The number of hydrogen-bond acceptors (Lipinski definition) is 9. The number of fused-ring (bicyclic) bond motifs is 1. The van der Waals surface area contributed by atoms with Gasteiger partial charge in [-0.3, -0.25) is 9.48 Å². The number of sulfonamides is 1. The van der Waals surface area contributed by atoms with E-state index in [9.17, 15) is 36.6 Å². The zero-order chi connectivity index (χ0) is 35.7. The first-order valence-corrected chi connectivity index (χ1v) is 19.5. The van der Waals surface area contributed by atoms with E-state index in [1.54, 1.807) is 9.58 Å². The number of benzene rings is 2. The van der Waals surface area contributed by atoms with Gasteiger partial charge in [0.2, 0.25) is 15.9 Å². The van der Waals surface area contributed by atoms with E-state index in [1.807, 2.05) is 30.3 Å². The van der Waals surface area contributed by atoms with Crippen LogP contribution in [0.15, 0.2) is 53.4 Å². The van der Waals surface area contributed by atoms with Crippen molar-refractivity contribution in [1.82, 2.24) is 23.9 Å². The molecule has 3 aromatic rings. The third-order valence-corrected chi connectivity index (χ3v) is 12.0. The van der Waals surface area contributed by atoms with Gasteiger partial charge in [0, 0.05) is 74.0 Å². The molecule has 0 spiro atoms. The van der Waals surface area contributed by atoms with E-state index in [4.69, 9.17) is 9.84 Å². The lowest BCUT2D eigenvalue weighted by Gasteiger charge is -2.39. The molecule has 6 rings (SSSR count). The van der Waals surface area contributed by atoms with E-state index in [-0.39, 0.29) is 36.2 Å². The van der Waals surface area contributed by atoms with Crippen molar-refractivity contribution >= 4 is 27.7 Å². The van der Waals surface area contributed by atoms with Gasteiger partial charge in [-0.1, -0.05) is 36.4 Å². The van der Waals surface area contributed by atoms with Crippen LogP contribution in [0.1, 0.15) is 35.2 Å². The highest BCUT2D eigenvalue weighted by Gasteiger charge is 2.37. The Labute approximate surface area is 294 Å². The predicted octanol–water partition coefficient (Wildman–Crippen LogP) is 3.18. The van der Waals surface area contributed by atoms with Gasteiger partial charge in [0.15, 0.2) is 0 Å². The number of carbonyl (C=O) groups excluding carboxylic acids is 1. The number of rotatable bonds is 10. The Balaban J connectivity index is 1.23. The van der Waals surface area contributed by atoms with Crippen LogP contribution in [0.5, 0.6) is 0 Å². The number of hydrogen-bond donors (Lipinski definition) is 2. The largest absolute Gasteiger partial charge is 0.417 e. The number of amides is 1. The van der Waals surface area contributed by atoms with Gasteiger partial charge in [-0.05, 0) is 30.5 Å². The Kier molecular flexibility index (Phi) is 11.0. The predicted molar refractivity (Wildman–Crippen MR) is 182 cm³/mol. The Morgan fingerprint density at radius 3 is 2.40 bits per heavy atom. The molecule has 2 saturated heterocycles. The van der Waals surface area contributed by atoms with E-state index in [2.05, 4.69) is 4.90 Å². The number of alkyl halides is 3. The number of aliphatic hydroxyl groups excluding tert-OH is 1. The van der Waals surface area contributed by atoms with Crippen molar-refractivity contribution in [3.63, 3.8) is 0 Å². The molecule has 2 fully saturated rings. The average molecular weight is 738 g/mol. The molecule has 50 heavy (non-hydrogen) atoms.